The number of hydrogen-bond donors (Lipinski definition) is 2. The third-order valence-electron chi connectivity index (χ3n) is 10.1. The summed E-state index contributed by atoms with van der Waals surface area (Å²) < 4.78 is 19.2. The van der Waals surface area contributed by atoms with Crippen LogP contribution in [0.5, 0.6) is 0 Å². The molecule has 1 aromatic rings. The van der Waals surface area contributed by atoms with Gasteiger partial charge in [-0.15, -0.1) is 0 Å². The molecule has 0 spiro atoms. The molecule has 2 saturated heterocycles. The van der Waals surface area contributed by atoms with Crippen molar-refractivity contribution in [2.75, 3.05) is 0 Å². The van der Waals surface area contributed by atoms with E-state index < -0.39 is 11.4 Å². The molecule has 196 valence electrons. The molecule has 4 aliphatic carbocycles. The Morgan fingerprint density at radius 1 is 1.00 bits per heavy atom. The summed E-state index contributed by atoms with van der Waals surface area (Å²) in [6.45, 7) is 7.23. The first-order valence-electron chi connectivity index (χ1n) is 13.8. The summed E-state index contributed by atoms with van der Waals surface area (Å²) in [6.07, 6.45) is 6.14. The minimum Gasteiger partial charge on any atom is -0.481 e. The zero-order valence-electron chi connectivity index (χ0n) is 21.6. The molecular weight excluding hydrogens is 458 g/mol. The zero-order valence-corrected chi connectivity index (χ0v) is 21.6. The van der Waals surface area contributed by atoms with E-state index in [0.717, 1.165) is 17.9 Å². The Morgan fingerprint density at radius 3 is 2.39 bits per heavy atom. The van der Waals surface area contributed by atoms with E-state index in [0.29, 0.717) is 55.1 Å². The number of carbonyl (C=O) groups excluding carboxylic acids is 1. The minimum absolute atomic E-state index is 0.142. The van der Waals surface area contributed by atoms with Crippen LogP contribution in [0, 0.1) is 35.0 Å². The maximum atomic E-state index is 12.7. The van der Waals surface area contributed by atoms with Crippen molar-refractivity contribution in [2.24, 2.45) is 35.0 Å². The zero-order chi connectivity index (χ0) is 25.2. The largest absolute Gasteiger partial charge is 0.481 e. The lowest BCUT2D eigenvalue weighted by molar-refractivity contribution is -0.336. The van der Waals surface area contributed by atoms with Crippen molar-refractivity contribution < 1.29 is 28.9 Å². The van der Waals surface area contributed by atoms with Gasteiger partial charge in [-0.2, -0.15) is 0 Å². The molecule has 2 N–H and O–H groups in total. The molecule has 1 aromatic carbocycles. The summed E-state index contributed by atoms with van der Waals surface area (Å²) in [4.78, 5) is 24.0. The van der Waals surface area contributed by atoms with Crippen LogP contribution in [0.1, 0.15) is 81.6 Å². The van der Waals surface area contributed by atoms with E-state index in [4.69, 9.17) is 14.2 Å². The van der Waals surface area contributed by atoms with E-state index in [1.54, 1.807) is 0 Å². The second-order valence-electron chi connectivity index (χ2n) is 12.6. The molecule has 7 rings (SSSR count). The van der Waals surface area contributed by atoms with E-state index in [2.05, 4.69) is 26.1 Å². The van der Waals surface area contributed by atoms with Crippen LogP contribution in [-0.2, 0) is 25.6 Å². The van der Waals surface area contributed by atoms with Crippen molar-refractivity contribution in [3.8, 4) is 0 Å². The highest BCUT2D eigenvalue weighted by atomic mass is 16.8. The van der Waals surface area contributed by atoms with Crippen LogP contribution in [0.15, 0.2) is 24.3 Å². The van der Waals surface area contributed by atoms with E-state index in [9.17, 15) is 14.7 Å². The number of hydrogen-bond acceptors (Lipinski definition) is 5. The number of nitrogens with one attached hydrogen (secondary N) is 1. The lowest BCUT2D eigenvalue weighted by Gasteiger charge is -2.67. The summed E-state index contributed by atoms with van der Waals surface area (Å²) in [5.41, 5.74) is 0.659. The quantitative estimate of drug-likeness (QED) is 0.590. The van der Waals surface area contributed by atoms with Crippen molar-refractivity contribution in [3.05, 3.63) is 35.4 Å². The van der Waals surface area contributed by atoms with Gasteiger partial charge in [-0.3, -0.25) is 9.59 Å². The highest BCUT2D eigenvalue weighted by Crippen LogP contribution is 2.67. The smallest absolute Gasteiger partial charge is 0.309 e. The molecule has 1 amide bonds. The molecule has 4 saturated carbocycles. The number of benzene rings is 1. The van der Waals surface area contributed by atoms with Crippen LogP contribution >= 0.6 is 0 Å². The number of carboxylic acid groups (broad SMARTS) is 1. The van der Waals surface area contributed by atoms with E-state index in [1.165, 1.54) is 19.3 Å². The van der Waals surface area contributed by atoms with Crippen molar-refractivity contribution >= 4 is 11.9 Å². The van der Waals surface area contributed by atoms with Gasteiger partial charge >= 0.3 is 5.97 Å². The van der Waals surface area contributed by atoms with Crippen LogP contribution in [0.25, 0.3) is 0 Å². The molecule has 0 radical (unpaired) electrons. The van der Waals surface area contributed by atoms with Gasteiger partial charge in [-0.25, -0.2) is 0 Å². The summed E-state index contributed by atoms with van der Waals surface area (Å²) in [6, 6.07) is 7.48. The Labute approximate surface area is 213 Å². The Morgan fingerprint density at radius 2 is 1.69 bits per heavy atom. The first-order valence-corrected chi connectivity index (χ1v) is 13.8. The predicted octanol–water partition coefficient (Wildman–Crippen LogP) is 4.74. The van der Waals surface area contributed by atoms with Gasteiger partial charge in [0.15, 0.2) is 12.6 Å². The predicted molar refractivity (Wildman–Crippen MR) is 132 cm³/mol. The maximum Gasteiger partial charge on any atom is 0.309 e. The summed E-state index contributed by atoms with van der Waals surface area (Å²) in [5, 5.41) is 12.3. The number of aliphatic carboxylic acids is 1. The summed E-state index contributed by atoms with van der Waals surface area (Å²) in [5.74, 6) is 1.83. The first kappa shape index (κ1) is 24.4. The molecule has 36 heavy (non-hydrogen) atoms. The summed E-state index contributed by atoms with van der Waals surface area (Å²) >= 11 is 0. The molecule has 0 aromatic heterocycles. The van der Waals surface area contributed by atoms with Gasteiger partial charge in [0.05, 0.1) is 18.1 Å². The Balaban J connectivity index is 1.06. The van der Waals surface area contributed by atoms with Crippen molar-refractivity contribution in [2.45, 2.75) is 96.5 Å². The van der Waals surface area contributed by atoms with Gasteiger partial charge in [0.2, 0.25) is 0 Å². The average Bonchev–Trinajstić information content (AvgIpc) is 2.97. The fourth-order valence-corrected chi connectivity index (χ4v) is 8.03. The number of amides is 1. The van der Waals surface area contributed by atoms with Crippen LogP contribution in [-0.4, -0.2) is 41.2 Å². The Bertz CT molecular complexity index is 1000. The van der Waals surface area contributed by atoms with Crippen molar-refractivity contribution in [3.63, 3.8) is 0 Å². The van der Waals surface area contributed by atoms with Crippen LogP contribution in [0.2, 0.25) is 0 Å². The second kappa shape index (κ2) is 8.81. The molecule has 6 fully saturated rings. The van der Waals surface area contributed by atoms with Gasteiger partial charge in [0, 0.05) is 22.9 Å². The van der Waals surface area contributed by atoms with Gasteiger partial charge in [0.1, 0.15) is 0 Å². The number of ether oxygens (including phenoxy) is 3. The molecule has 7 nitrogen and oxygen atoms in total. The molecule has 2 heterocycles. The molecule has 2 aliphatic heterocycles. The molecule has 8 atom stereocenters. The fourth-order valence-electron chi connectivity index (χ4n) is 8.03. The normalized spacial score (nSPS) is 44.9. The van der Waals surface area contributed by atoms with E-state index in [1.807, 2.05) is 24.3 Å². The Hall–Kier alpha value is -1.96. The first-order chi connectivity index (χ1) is 17.2. The lowest BCUT2D eigenvalue weighted by Crippen LogP contribution is -2.77. The Kier molecular flexibility index (Phi) is 5.97. The molecular formula is C29H39NO6. The van der Waals surface area contributed by atoms with Gasteiger partial charge in [0.25, 0.3) is 5.91 Å². The second-order valence-corrected chi connectivity index (χ2v) is 12.6. The van der Waals surface area contributed by atoms with E-state index in [-0.39, 0.29) is 30.1 Å². The van der Waals surface area contributed by atoms with Crippen LogP contribution < -0.4 is 5.32 Å². The summed E-state index contributed by atoms with van der Waals surface area (Å²) in [7, 11) is 0. The monoisotopic (exact) mass is 497 g/mol. The highest BCUT2D eigenvalue weighted by Gasteiger charge is 2.72. The van der Waals surface area contributed by atoms with E-state index >= 15 is 0 Å². The van der Waals surface area contributed by atoms with Crippen LogP contribution in [0.3, 0.4) is 0 Å². The fraction of sp³-hybridized carbons (Fsp3) is 0.724. The minimum atomic E-state index is -0.743. The van der Waals surface area contributed by atoms with Crippen molar-refractivity contribution in [1.82, 2.24) is 5.32 Å². The third kappa shape index (κ3) is 3.98. The molecule has 7 heteroatoms. The standard InChI is InChI=1S/C29H39NO6/c1-16-4-10-22-18(3)25(36-26-23(22)21(16)11-5-17(2)35-26)34-12-19-6-8-20(9-7-19)24(31)30-29-13-28(14-29,15-29)27(32)33/h6-9,16-18,21-23,25-26H,4-5,10-15H2,1-3H3,(H,30,31)(H,32,33)/t16-,17?,18-,21+,22+,23?,25+,26+,28?,29?/m1/s1. The van der Waals surface area contributed by atoms with Gasteiger partial charge in [-0.1, -0.05) is 32.4 Å². The van der Waals surface area contributed by atoms with Crippen LogP contribution in [0.4, 0.5) is 0 Å². The maximum absolute atomic E-state index is 12.7. The lowest BCUT2D eigenvalue weighted by atomic mass is 9.39. The molecule has 2 bridgehead atoms. The number of carboxylic acids is 1. The molecule has 6 aliphatic rings. The van der Waals surface area contributed by atoms with Gasteiger partial charge < -0.3 is 24.6 Å². The van der Waals surface area contributed by atoms with Crippen molar-refractivity contribution in [1.29, 1.82) is 0 Å². The van der Waals surface area contributed by atoms with Gasteiger partial charge in [-0.05, 0) is 80.9 Å². The molecule has 2 unspecified atom stereocenters. The highest BCUT2D eigenvalue weighted by molar-refractivity contribution is 5.95. The topological polar surface area (TPSA) is 94.1 Å². The third-order valence-corrected chi connectivity index (χ3v) is 10.1. The SMILES string of the molecule is CC1CC[C@@H]2C3[C@@H](O1)O[C@H](OCc1ccc(C(=O)NC45CC(C(=O)O)(C4)C5)cc1)[C@H](C)[C@@H]3CC[C@H]2C. The number of rotatable bonds is 6. The number of carbonyl (C=O) groups is 2. The average molecular weight is 498 g/mol.